The van der Waals surface area contributed by atoms with E-state index in [1.165, 1.54) is 0 Å². The van der Waals surface area contributed by atoms with Crippen LogP contribution in [0.5, 0.6) is 5.75 Å². The van der Waals surface area contributed by atoms with Crippen LogP contribution in [0.1, 0.15) is 62.0 Å². The van der Waals surface area contributed by atoms with E-state index in [0.29, 0.717) is 11.3 Å². The van der Waals surface area contributed by atoms with Crippen LogP contribution in [0, 0.1) is 23.3 Å². The van der Waals surface area contributed by atoms with Gasteiger partial charge in [0.1, 0.15) is 0 Å². The van der Waals surface area contributed by atoms with E-state index in [1.807, 2.05) is 50.2 Å². The molecular formula is C28H37CoN2O3-. The Labute approximate surface area is 215 Å². The van der Waals surface area contributed by atoms with Gasteiger partial charge in [-0.05, 0) is 70.3 Å². The Morgan fingerprint density at radius 2 is 1.91 bits per heavy atom. The number of carbonyl (C=O) groups excluding carboxylic acids is 1. The number of carbonyl (C=O) groups is 1. The van der Waals surface area contributed by atoms with Crippen LogP contribution in [0.25, 0.3) is 0 Å². The first kappa shape index (κ1) is 29.7. The zero-order valence-electron chi connectivity index (χ0n) is 21.2. The van der Waals surface area contributed by atoms with Crippen LogP contribution < -0.4 is 4.74 Å². The summed E-state index contributed by atoms with van der Waals surface area (Å²) in [7, 11) is 3.72. The molecule has 2 aromatic rings. The molecule has 0 fully saturated rings. The maximum absolute atomic E-state index is 12.2. The van der Waals surface area contributed by atoms with Gasteiger partial charge in [-0.3, -0.25) is 0 Å². The number of esters is 1. The molecule has 0 aromatic heterocycles. The first-order chi connectivity index (χ1) is 15.7. The normalized spacial score (nSPS) is 12.7. The van der Waals surface area contributed by atoms with Gasteiger partial charge in [0.25, 0.3) is 0 Å². The third kappa shape index (κ3) is 8.16. The van der Waals surface area contributed by atoms with E-state index in [0.717, 1.165) is 43.5 Å². The standard InChI is InChI=1S/C28H37N2O3.Co/c1-21(2)28(20-29,25-12-8-13-26(19-25)32-6)15-9-16-30(5)17-14-23-10-7-11-24(18-23)27(31)33-22(3)4;/h7-8,10-12,18-19,21-22H,9,14-17H2,1-6H3;/q-1;. The molecule has 0 amide bonds. The van der Waals surface area contributed by atoms with Gasteiger partial charge in [-0.2, -0.15) is 17.4 Å². The van der Waals surface area contributed by atoms with E-state index >= 15 is 0 Å². The van der Waals surface area contributed by atoms with Gasteiger partial charge in [0.05, 0.1) is 30.3 Å². The summed E-state index contributed by atoms with van der Waals surface area (Å²) in [4.78, 5) is 14.4. The molecule has 0 aliphatic carbocycles. The van der Waals surface area contributed by atoms with Crippen molar-refractivity contribution in [3.63, 3.8) is 0 Å². The fraction of sp³-hybridized carbons (Fsp3) is 0.500. The van der Waals surface area contributed by atoms with Gasteiger partial charge in [-0.15, -0.1) is 17.7 Å². The Morgan fingerprint density at radius 3 is 2.53 bits per heavy atom. The van der Waals surface area contributed by atoms with Crippen molar-refractivity contribution < 1.29 is 31.0 Å². The van der Waals surface area contributed by atoms with E-state index in [1.54, 1.807) is 13.2 Å². The maximum atomic E-state index is 12.2. The molecule has 0 aliphatic heterocycles. The molecule has 6 heteroatoms. The van der Waals surface area contributed by atoms with Crippen molar-refractivity contribution in [3.8, 4) is 11.8 Å². The number of methoxy groups -OCH3 is 1. The number of rotatable bonds is 12. The second kappa shape index (κ2) is 14.2. The van der Waals surface area contributed by atoms with E-state index in [9.17, 15) is 10.1 Å². The van der Waals surface area contributed by atoms with Crippen molar-refractivity contribution in [1.82, 2.24) is 4.90 Å². The van der Waals surface area contributed by atoms with Crippen LogP contribution in [-0.4, -0.2) is 44.2 Å². The molecule has 187 valence electrons. The molecule has 5 nitrogen and oxygen atoms in total. The average molecular weight is 509 g/mol. The summed E-state index contributed by atoms with van der Waals surface area (Å²) in [5.41, 5.74) is 2.13. The smallest absolute Gasteiger partial charge is 0.338 e. The number of nitrogens with zero attached hydrogens (tertiary/aromatic N) is 2. The Hall–Kier alpha value is -2.33. The minimum absolute atomic E-state index is 0. The minimum Gasteiger partial charge on any atom is -0.523 e. The van der Waals surface area contributed by atoms with E-state index < -0.39 is 5.41 Å². The maximum Gasteiger partial charge on any atom is 0.338 e. The fourth-order valence-electron chi connectivity index (χ4n) is 4.05. The predicted octanol–water partition coefficient (Wildman–Crippen LogP) is 5.43. The zero-order chi connectivity index (χ0) is 24.4. The number of likely N-dealkylation sites (N-methyl/N-ethyl adjacent to an activating group) is 1. The van der Waals surface area contributed by atoms with E-state index in [-0.39, 0.29) is 34.8 Å². The first-order valence-corrected chi connectivity index (χ1v) is 11.7. The molecular weight excluding hydrogens is 471 g/mol. The van der Waals surface area contributed by atoms with Crippen LogP contribution in [0.4, 0.5) is 0 Å². The van der Waals surface area contributed by atoms with Gasteiger partial charge in [0, 0.05) is 29.1 Å². The van der Waals surface area contributed by atoms with E-state index in [2.05, 4.69) is 37.9 Å². The molecule has 0 bridgehead atoms. The Kier molecular flexibility index (Phi) is 12.4. The van der Waals surface area contributed by atoms with Crippen LogP contribution in [0.2, 0.25) is 0 Å². The number of nitriles is 1. The largest absolute Gasteiger partial charge is 0.523 e. The predicted molar refractivity (Wildman–Crippen MR) is 131 cm³/mol. The second-order valence-corrected chi connectivity index (χ2v) is 9.19. The number of benzene rings is 2. The summed E-state index contributed by atoms with van der Waals surface area (Å²) < 4.78 is 10.6. The van der Waals surface area contributed by atoms with Crippen molar-refractivity contribution >= 4 is 5.97 Å². The van der Waals surface area contributed by atoms with Gasteiger partial charge in [0.15, 0.2) is 0 Å². The average Bonchev–Trinajstić information content (AvgIpc) is 2.80. The molecule has 0 heterocycles. The molecule has 2 rings (SSSR count). The van der Waals surface area contributed by atoms with Gasteiger partial charge in [-0.1, -0.05) is 26.0 Å². The van der Waals surface area contributed by atoms with Crippen LogP contribution in [0.15, 0.2) is 42.5 Å². The van der Waals surface area contributed by atoms with Gasteiger partial charge in [-0.25, -0.2) is 4.79 Å². The summed E-state index contributed by atoms with van der Waals surface area (Å²) in [5.74, 6) is 0.550. The number of hydrogen-bond acceptors (Lipinski definition) is 5. The quantitative estimate of drug-likeness (QED) is 0.283. The zero-order valence-corrected chi connectivity index (χ0v) is 22.2. The molecule has 2 aromatic carbocycles. The van der Waals surface area contributed by atoms with Crippen LogP contribution >= 0.6 is 0 Å². The van der Waals surface area contributed by atoms with Crippen molar-refractivity contribution in [2.45, 2.75) is 58.5 Å². The summed E-state index contributed by atoms with van der Waals surface area (Å²) in [6.45, 7) is 9.67. The molecule has 1 atom stereocenters. The first-order valence-electron chi connectivity index (χ1n) is 11.7. The summed E-state index contributed by atoms with van der Waals surface area (Å²) in [6, 6.07) is 19.1. The monoisotopic (exact) mass is 508 g/mol. The molecule has 0 saturated heterocycles. The molecule has 0 aliphatic rings. The minimum atomic E-state index is -0.561. The number of ether oxygens (including phenoxy) is 2. The Balaban J connectivity index is 0.00000578. The molecule has 0 spiro atoms. The third-order valence-electron chi connectivity index (χ3n) is 6.09. The molecule has 1 unspecified atom stereocenters. The summed E-state index contributed by atoms with van der Waals surface area (Å²) >= 11 is 0. The molecule has 0 saturated carbocycles. The Morgan fingerprint density at radius 1 is 1.18 bits per heavy atom. The number of hydrogen-bond donors (Lipinski definition) is 0. The summed E-state index contributed by atoms with van der Waals surface area (Å²) in [6.07, 6.45) is 2.39. The molecule has 0 N–H and O–H groups in total. The topological polar surface area (TPSA) is 62.6 Å². The second-order valence-electron chi connectivity index (χ2n) is 9.19. The van der Waals surface area contributed by atoms with Crippen molar-refractivity contribution in [2.75, 3.05) is 27.2 Å². The van der Waals surface area contributed by atoms with Gasteiger partial charge in [0.2, 0.25) is 0 Å². The van der Waals surface area contributed by atoms with Crippen molar-refractivity contribution in [1.29, 1.82) is 5.26 Å². The van der Waals surface area contributed by atoms with Crippen molar-refractivity contribution in [3.05, 3.63) is 65.2 Å². The van der Waals surface area contributed by atoms with Gasteiger partial charge >= 0.3 is 5.97 Å². The molecule has 34 heavy (non-hydrogen) atoms. The van der Waals surface area contributed by atoms with Gasteiger partial charge < -0.3 is 14.4 Å². The Bertz CT molecular complexity index is 955. The van der Waals surface area contributed by atoms with Crippen molar-refractivity contribution in [2.24, 2.45) is 5.92 Å². The molecule has 1 radical (unpaired) electrons. The SMILES string of the molecule is COc1[c-]ccc(C(C#N)(CCCN(C)CCc2cccc(C(=O)OC(C)C)c2)C(C)C)c1.[Co]. The van der Waals surface area contributed by atoms with E-state index in [4.69, 9.17) is 9.47 Å². The fourth-order valence-corrected chi connectivity index (χ4v) is 4.05. The third-order valence-corrected chi connectivity index (χ3v) is 6.09. The summed E-state index contributed by atoms with van der Waals surface area (Å²) in [5, 5.41) is 10.2. The van der Waals surface area contributed by atoms with Crippen LogP contribution in [0.3, 0.4) is 0 Å². The van der Waals surface area contributed by atoms with Crippen LogP contribution in [-0.2, 0) is 33.4 Å².